The highest BCUT2D eigenvalue weighted by molar-refractivity contribution is 5.51. The molecule has 0 radical (unpaired) electrons. The van der Waals surface area contributed by atoms with Crippen molar-refractivity contribution >= 4 is 5.69 Å². The van der Waals surface area contributed by atoms with Crippen LogP contribution in [-0.2, 0) is 0 Å². The molecule has 1 aromatic carbocycles. The molecule has 1 fully saturated rings. The van der Waals surface area contributed by atoms with Crippen LogP contribution in [0.2, 0.25) is 0 Å². The third-order valence-electron chi connectivity index (χ3n) is 3.45. The van der Waals surface area contributed by atoms with Crippen LogP contribution in [0.5, 0.6) is 0 Å². The van der Waals surface area contributed by atoms with E-state index in [4.69, 9.17) is 5.73 Å². The summed E-state index contributed by atoms with van der Waals surface area (Å²) in [5, 5.41) is 3.63. The van der Waals surface area contributed by atoms with Crippen LogP contribution in [0.4, 0.5) is 5.69 Å². The van der Waals surface area contributed by atoms with Gasteiger partial charge in [0, 0.05) is 11.7 Å². The zero-order valence-electron chi connectivity index (χ0n) is 9.37. The van der Waals surface area contributed by atoms with Crippen LogP contribution in [0.1, 0.15) is 24.8 Å². The fraction of sp³-hybridized carbons (Fsp3) is 0.538. The van der Waals surface area contributed by atoms with Crippen molar-refractivity contribution in [2.45, 2.75) is 32.2 Å². The van der Waals surface area contributed by atoms with E-state index in [0.29, 0.717) is 12.0 Å². The van der Waals surface area contributed by atoms with Gasteiger partial charge in [-0.15, -0.1) is 0 Å². The molecule has 1 saturated carbocycles. The number of rotatable bonds is 3. The smallest absolute Gasteiger partial charge is 0.0372 e. The number of hydrogen-bond donors (Lipinski definition) is 2. The van der Waals surface area contributed by atoms with Crippen LogP contribution in [0.15, 0.2) is 24.3 Å². The van der Waals surface area contributed by atoms with Crippen molar-refractivity contribution in [3.63, 3.8) is 0 Å². The van der Waals surface area contributed by atoms with Gasteiger partial charge in [0.25, 0.3) is 0 Å². The standard InChI is InChI=1S/C13H20N2/c1-10-5-2-3-7-12(10)15-13-8-4-6-11(13)9-14/h2-3,5,7,11,13,15H,4,6,8-9,14H2,1H3. The second-order valence-corrected chi connectivity index (χ2v) is 4.49. The molecule has 0 aromatic heterocycles. The zero-order valence-corrected chi connectivity index (χ0v) is 9.37. The van der Waals surface area contributed by atoms with E-state index >= 15 is 0 Å². The fourth-order valence-corrected chi connectivity index (χ4v) is 2.44. The number of hydrogen-bond acceptors (Lipinski definition) is 2. The normalized spacial score (nSPS) is 25.5. The van der Waals surface area contributed by atoms with Gasteiger partial charge in [0.05, 0.1) is 0 Å². The second-order valence-electron chi connectivity index (χ2n) is 4.49. The molecule has 3 N–H and O–H groups in total. The van der Waals surface area contributed by atoms with E-state index in [-0.39, 0.29) is 0 Å². The lowest BCUT2D eigenvalue weighted by molar-refractivity contribution is 0.516. The lowest BCUT2D eigenvalue weighted by Crippen LogP contribution is -2.29. The van der Waals surface area contributed by atoms with Gasteiger partial charge in [-0.2, -0.15) is 0 Å². The first-order valence-corrected chi connectivity index (χ1v) is 5.83. The summed E-state index contributed by atoms with van der Waals surface area (Å²) in [7, 11) is 0. The largest absolute Gasteiger partial charge is 0.382 e. The predicted octanol–water partition coefficient (Wildman–Crippen LogP) is 2.53. The van der Waals surface area contributed by atoms with Gasteiger partial charge in [0.1, 0.15) is 0 Å². The van der Waals surface area contributed by atoms with E-state index in [0.717, 1.165) is 6.54 Å². The number of benzene rings is 1. The van der Waals surface area contributed by atoms with Gasteiger partial charge in [-0.05, 0) is 43.9 Å². The van der Waals surface area contributed by atoms with E-state index in [2.05, 4.69) is 36.5 Å². The highest BCUT2D eigenvalue weighted by Crippen LogP contribution is 2.28. The summed E-state index contributed by atoms with van der Waals surface area (Å²) in [6.07, 6.45) is 3.85. The Morgan fingerprint density at radius 3 is 2.87 bits per heavy atom. The number of anilines is 1. The number of aryl methyl sites for hydroxylation is 1. The topological polar surface area (TPSA) is 38.0 Å². The Bertz CT molecular complexity index is 322. The quantitative estimate of drug-likeness (QED) is 0.794. The third-order valence-corrected chi connectivity index (χ3v) is 3.45. The van der Waals surface area contributed by atoms with Crippen molar-refractivity contribution in [3.05, 3.63) is 29.8 Å². The van der Waals surface area contributed by atoms with Crippen LogP contribution < -0.4 is 11.1 Å². The molecule has 0 spiro atoms. The monoisotopic (exact) mass is 204 g/mol. The maximum Gasteiger partial charge on any atom is 0.0372 e. The van der Waals surface area contributed by atoms with Gasteiger partial charge in [-0.3, -0.25) is 0 Å². The molecule has 2 nitrogen and oxygen atoms in total. The van der Waals surface area contributed by atoms with E-state index < -0.39 is 0 Å². The Kier molecular flexibility index (Phi) is 3.27. The van der Waals surface area contributed by atoms with E-state index in [1.807, 2.05) is 0 Å². The molecule has 0 amide bonds. The van der Waals surface area contributed by atoms with Gasteiger partial charge >= 0.3 is 0 Å². The average Bonchev–Trinajstić information content (AvgIpc) is 2.69. The lowest BCUT2D eigenvalue weighted by atomic mass is 10.0. The predicted molar refractivity (Wildman–Crippen MR) is 65.0 cm³/mol. The minimum Gasteiger partial charge on any atom is -0.382 e. The van der Waals surface area contributed by atoms with Crippen molar-refractivity contribution in [1.82, 2.24) is 0 Å². The number of para-hydroxylation sites is 1. The van der Waals surface area contributed by atoms with Crippen molar-refractivity contribution in [2.24, 2.45) is 11.7 Å². The Balaban J connectivity index is 2.05. The summed E-state index contributed by atoms with van der Waals surface area (Å²) in [5.74, 6) is 0.657. The van der Waals surface area contributed by atoms with Crippen molar-refractivity contribution in [3.8, 4) is 0 Å². The Hall–Kier alpha value is -1.02. The highest BCUT2D eigenvalue weighted by Gasteiger charge is 2.25. The molecule has 2 heteroatoms. The summed E-state index contributed by atoms with van der Waals surface area (Å²) >= 11 is 0. The summed E-state index contributed by atoms with van der Waals surface area (Å²) in [4.78, 5) is 0. The molecule has 0 saturated heterocycles. The maximum absolute atomic E-state index is 5.78. The Morgan fingerprint density at radius 1 is 1.33 bits per heavy atom. The van der Waals surface area contributed by atoms with E-state index in [1.165, 1.54) is 30.5 Å². The minimum absolute atomic E-state index is 0.580. The SMILES string of the molecule is Cc1ccccc1NC1CCCC1CN. The molecule has 0 bridgehead atoms. The first-order valence-electron chi connectivity index (χ1n) is 5.83. The highest BCUT2D eigenvalue weighted by atomic mass is 14.9. The minimum atomic E-state index is 0.580. The van der Waals surface area contributed by atoms with E-state index in [1.54, 1.807) is 0 Å². The van der Waals surface area contributed by atoms with Gasteiger partial charge in [-0.25, -0.2) is 0 Å². The van der Waals surface area contributed by atoms with Gasteiger partial charge in [-0.1, -0.05) is 24.6 Å². The van der Waals surface area contributed by atoms with Crippen LogP contribution in [0.25, 0.3) is 0 Å². The molecule has 0 heterocycles. The fourth-order valence-electron chi connectivity index (χ4n) is 2.44. The van der Waals surface area contributed by atoms with Gasteiger partial charge in [0.2, 0.25) is 0 Å². The molecular weight excluding hydrogens is 184 g/mol. The molecule has 2 unspecified atom stereocenters. The van der Waals surface area contributed by atoms with Crippen molar-refractivity contribution in [1.29, 1.82) is 0 Å². The molecule has 1 aliphatic carbocycles. The first-order chi connectivity index (χ1) is 7.31. The van der Waals surface area contributed by atoms with Crippen LogP contribution in [-0.4, -0.2) is 12.6 Å². The Labute approximate surface area is 91.9 Å². The molecule has 1 aromatic rings. The lowest BCUT2D eigenvalue weighted by Gasteiger charge is -2.21. The first kappa shape index (κ1) is 10.5. The maximum atomic E-state index is 5.78. The van der Waals surface area contributed by atoms with Crippen LogP contribution in [0.3, 0.4) is 0 Å². The van der Waals surface area contributed by atoms with Crippen molar-refractivity contribution in [2.75, 3.05) is 11.9 Å². The molecule has 2 atom stereocenters. The summed E-state index contributed by atoms with van der Waals surface area (Å²) in [6, 6.07) is 9.05. The molecule has 82 valence electrons. The molecular formula is C13H20N2. The molecule has 0 aliphatic heterocycles. The van der Waals surface area contributed by atoms with Crippen LogP contribution >= 0.6 is 0 Å². The van der Waals surface area contributed by atoms with Gasteiger partial charge in [0.15, 0.2) is 0 Å². The van der Waals surface area contributed by atoms with Crippen LogP contribution in [0, 0.1) is 12.8 Å². The average molecular weight is 204 g/mol. The zero-order chi connectivity index (χ0) is 10.7. The van der Waals surface area contributed by atoms with Crippen molar-refractivity contribution < 1.29 is 0 Å². The molecule has 2 rings (SSSR count). The third kappa shape index (κ3) is 2.32. The second kappa shape index (κ2) is 4.67. The number of nitrogens with two attached hydrogens (primary N) is 1. The Morgan fingerprint density at radius 2 is 2.13 bits per heavy atom. The van der Waals surface area contributed by atoms with Gasteiger partial charge < -0.3 is 11.1 Å². The number of nitrogens with one attached hydrogen (secondary N) is 1. The molecule has 15 heavy (non-hydrogen) atoms. The van der Waals surface area contributed by atoms with E-state index in [9.17, 15) is 0 Å². The summed E-state index contributed by atoms with van der Waals surface area (Å²) in [6.45, 7) is 2.96. The summed E-state index contributed by atoms with van der Waals surface area (Å²) < 4.78 is 0. The molecule has 1 aliphatic rings. The summed E-state index contributed by atoms with van der Waals surface area (Å²) in [5.41, 5.74) is 8.36.